The average Bonchev–Trinajstić information content (AvgIpc) is 3.12. The molecule has 0 aliphatic heterocycles. The van der Waals surface area contributed by atoms with Crippen LogP contribution in [-0.2, 0) is 17.5 Å². The first-order valence-electron chi connectivity index (χ1n) is 7.49. The van der Waals surface area contributed by atoms with Gasteiger partial charge in [-0.3, -0.25) is 4.79 Å². The summed E-state index contributed by atoms with van der Waals surface area (Å²) in [4.78, 5) is 15.8. The molecule has 24 heavy (non-hydrogen) atoms. The summed E-state index contributed by atoms with van der Waals surface area (Å²) in [6.07, 6.45) is -0.568. The zero-order valence-corrected chi connectivity index (χ0v) is 12.6. The predicted molar refractivity (Wildman–Crippen MR) is 81.0 cm³/mol. The molecule has 0 saturated carbocycles. The minimum Gasteiger partial charge on any atom is -0.396 e. The van der Waals surface area contributed by atoms with Crippen molar-refractivity contribution in [3.63, 3.8) is 0 Å². The highest BCUT2D eigenvalue weighted by atomic mass is 19.4. The van der Waals surface area contributed by atoms with Crippen LogP contribution in [0.1, 0.15) is 12.2 Å². The number of nitrogens with zero attached hydrogens (tertiary/aromatic N) is 2. The second-order valence-electron chi connectivity index (χ2n) is 5.75. The zero-order valence-electron chi connectivity index (χ0n) is 12.6. The SMILES string of the molecule is O=C(Cn1c(C(F)(F)F)nc2ccccc21)N[C@@H]1C=C[C@H](CO)C1. The van der Waals surface area contributed by atoms with Crippen molar-refractivity contribution in [3.8, 4) is 0 Å². The van der Waals surface area contributed by atoms with Crippen LogP contribution in [0.2, 0.25) is 0 Å². The maximum atomic E-state index is 13.2. The number of carbonyl (C=O) groups is 1. The molecule has 2 atom stereocenters. The normalized spacial score (nSPS) is 20.7. The number of fused-ring (bicyclic) bond motifs is 1. The Bertz CT molecular complexity index is 782. The number of amides is 1. The minimum atomic E-state index is -4.64. The molecule has 1 aromatic carbocycles. The van der Waals surface area contributed by atoms with Gasteiger partial charge in [0, 0.05) is 18.6 Å². The highest BCUT2D eigenvalue weighted by Gasteiger charge is 2.38. The molecule has 0 saturated heterocycles. The number of rotatable bonds is 4. The highest BCUT2D eigenvalue weighted by Crippen LogP contribution is 2.31. The van der Waals surface area contributed by atoms with Gasteiger partial charge in [0.05, 0.1) is 11.0 Å². The molecule has 1 aliphatic carbocycles. The van der Waals surface area contributed by atoms with Crippen LogP contribution >= 0.6 is 0 Å². The van der Waals surface area contributed by atoms with Crippen molar-refractivity contribution in [3.05, 3.63) is 42.2 Å². The van der Waals surface area contributed by atoms with E-state index in [0.29, 0.717) is 6.42 Å². The predicted octanol–water partition coefficient (Wildman–Crippen LogP) is 2.11. The first kappa shape index (κ1) is 16.5. The monoisotopic (exact) mass is 339 g/mol. The van der Waals surface area contributed by atoms with Crippen LogP contribution < -0.4 is 5.32 Å². The maximum Gasteiger partial charge on any atom is 0.449 e. The molecule has 1 aliphatic rings. The van der Waals surface area contributed by atoms with E-state index in [-0.39, 0.29) is 29.6 Å². The Morgan fingerprint density at radius 3 is 2.75 bits per heavy atom. The van der Waals surface area contributed by atoms with Crippen LogP contribution in [0.25, 0.3) is 11.0 Å². The number of carbonyl (C=O) groups excluding carboxylic acids is 1. The van der Waals surface area contributed by atoms with Crippen LogP contribution in [0.4, 0.5) is 13.2 Å². The Balaban J connectivity index is 1.81. The third-order valence-electron chi connectivity index (χ3n) is 3.96. The number of aliphatic hydroxyl groups excluding tert-OH is 1. The van der Waals surface area contributed by atoms with Crippen LogP contribution in [0.3, 0.4) is 0 Å². The van der Waals surface area contributed by atoms with Gasteiger partial charge in [0.15, 0.2) is 0 Å². The van der Waals surface area contributed by atoms with E-state index < -0.39 is 24.5 Å². The summed E-state index contributed by atoms with van der Waals surface area (Å²) in [6.45, 7) is -0.489. The summed E-state index contributed by atoms with van der Waals surface area (Å²) in [6, 6.07) is 5.90. The van der Waals surface area contributed by atoms with Gasteiger partial charge in [0.2, 0.25) is 11.7 Å². The van der Waals surface area contributed by atoms with Crippen molar-refractivity contribution in [1.82, 2.24) is 14.9 Å². The summed E-state index contributed by atoms with van der Waals surface area (Å²) in [7, 11) is 0. The molecule has 0 unspecified atom stereocenters. The number of aliphatic hydroxyl groups is 1. The van der Waals surface area contributed by atoms with Crippen LogP contribution in [0.5, 0.6) is 0 Å². The van der Waals surface area contributed by atoms with Crippen LogP contribution in [0.15, 0.2) is 36.4 Å². The highest BCUT2D eigenvalue weighted by molar-refractivity contribution is 5.81. The topological polar surface area (TPSA) is 67.2 Å². The molecule has 1 heterocycles. The lowest BCUT2D eigenvalue weighted by atomic mass is 10.1. The number of hydrogen-bond acceptors (Lipinski definition) is 3. The van der Waals surface area contributed by atoms with Gasteiger partial charge in [-0.05, 0) is 18.6 Å². The number of para-hydroxylation sites is 2. The number of imidazole rings is 1. The van der Waals surface area contributed by atoms with Crippen molar-refractivity contribution >= 4 is 16.9 Å². The van der Waals surface area contributed by atoms with Crippen LogP contribution in [-0.4, -0.2) is 33.2 Å². The number of benzene rings is 1. The lowest BCUT2D eigenvalue weighted by Gasteiger charge is -2.15. The fraction of sp³-hybridized carbons (Fsp3) is 0.375. The van der Waals surface area contributed by atoms with Crippen molar-refractivity contribution < 1.29 is 23.1 Å². The van der Waals surface area contributed by atoms with E-state index in [1.807, 2.05) is 0 Å². The molecule has 3 rings (SSSR count). The number of hydrogen-bond donors (Lipinski definition) is 2. The Morgan fingerprint density at radius 1 is 1.33 bits per heavy atom. The molecule has 0 bridgehead atoms. The largest absolute Gasteiger partial charge is 0.449 e. The first-order valence-corrected chi connectivity index (χ1v) is 7.49. The molecule has 1 aromatic heterocycles. The van der Waals surface area contributed by atoms with Crippen molar-refractivity contribution in [2.24, 2.45) is 5.92 Å². The zero-order chi connectivity index (χ0) is 17.3. The van der Waals surface area contributed by atoms with Crippen molar-refractivity contribution in [2.45, 2.75) is 25.2 Å². The van der Waals surface area contributed by atoms with Crippen LogP contribution in [0, 0.1) is 5.92 Å². The average molecular weight is 339 g/mol. The summed E-state index contributed by atoms with van der Waals surface area (Å²) < 4.78 is 40.4. The van der Waals surface area contributed by atoms with E-state index in [1.54, 1.807) is 24.3 Å². The van der Waals surface area contributed by atoms with E-state index in [2.05, 4.69) is 10.3 Å². The molecule has 2 aromatic rings. The van der Waals surface area contributed by atoms with E-state index in [0.717, 1.165) is 4.57 Å². The first-order chi connectivity index (χ1) is 11.4. The molecular weight excluding hydrogens is 323 g/mol. The summed E-state index contributed by atoms with van der Waals surface area (Å²) >= 11 is 0. The van der Waals surface area contributed by atoms with Gasteiger partial charge in [-0.2, -0.15) is 13.2 Å². The lowest BCUT2D eigenvalue weighted by Crippen LogP contribution is -2.36. The summed E-state index contributed by atoms with van der Waals surface area (Å²) in [5.41, 5.74) is 0.453. The van der Waals surface area contributed by atoms with E-state index in [9.17, 15) is 18.0 Å². The smallest absolute Gasteiger partial charge is 0.396 e. The van der Waals surface area contributed by atoms with Gasteiger partial charge in [0.1, 0.15) is 6.54 Å². The van der Waals surface area contributed by atoms with Gasteiger partial charge in [0.25, 0.3) is 0 Å². The lowest BCUT2D eigenvalue weighted by molar-refractivity contribution is -0.147. The van der Waals surface area contributed by atoms with E-state index in [1.165, 1.54) is 12.1 Å². The number of alkyl halides is 3. The van der Waals surface area contributed by atoms with Gasteiger partial charge in [-0.1, -0.05) is 24.3 Å². The second-order valence-corrected chi connectivity index (χ2v) is 5.75. The molecule has 128 valence electrons. The molecule has 5 nitrogen and oxygen atoms in total. The Labute approximate surface area is 135 Å². The number of nitrogens with one attached hydrogen (secondary N) is 1. The molecule has 0 fully saturated rings. The fourth-order valence-electron chi connectivity index (χ4n) is 2.86. The quantitative estimate of drug-likeness (QED) is 0.839. The Hall–Kier alpha value is -2.35. The summed E-state index contributed by atoms with van der Waals surface area (Å²) in [5, 5.41) is 11.7. The third kappa shape index (κ3) is 3.28. The summed E-state index contributed by atoms with van der Waals surface area (Å²) in [5.74, 6) is -1.65. The Morgan fingerprint density at radius 2 is 2.08 bits per heavy atom. The van der Waals surface area contributed by atoms with Gasteiger partial charge < -0.3 is 15.0 Å². The number of aromatic nitrogens is 2. The van der Waals surface area contributed by atoms with Crippen molar-refractivity contribution in [2.75, 3.05) is 6.61 Å². The fourth-order valence-corrected chi connectivity index (χ4v) is 2.86. The third-order valence-corrected chi connectivity index (χ3v) is 3.96. The van der Waals surface area contributed by atoms with Gasteiger partial charge >= 0.3 is 6.18 Å². The number of halogens is 3. The van der Waals surface area contributed by atoms with Crippen molar-refractivity contribution in [1.29, 1.82) is 0 Å². The Kier molecular flexibility index (Phi) is 4.31. The minimum absolute atomic E-state index is 0.0206. The van der Waals surface area contributed by atoms with Gasteiger partial charge in [-0.25, -0.2) is 4.98 Å². The van der Waals surface area contributed by atoms with Gasteiger partial charge in [-0.15, -0.1) is 0 Å². The second kappa shape index (κ2) is 6.27. The molecule has 0 radical (unpaired) electrons. The molecule has 1 amide bonds. The molecule has 0 spiro atoms. The molecular formula is C16H16F3N3O2. The molecule has 8 heteroatoms. The maximum absolute atomic E-state index is 13.2. The van der Waals surface area contributed by atoms with E-state index >= 15 is 0 Å². The standard InChI is InChI=1S/C16H16F3N3O2/c17-16(18,19)15-21-12-3-1-2-4-13(12)22(15)8-14(24)20-11-6-5-10(7-11)9-23/h1-6,10-11,23H,7-9H2,(H,20,24)/t10-,11+/m0/s1. The molecule has 2 N–H and O–H groups in total. The van der Waals surface area contributed by atoms with E-state index in [4.69, 9.17) is 5.11 Å².